The first-order valence-corrected chi connectivity index (χ1v) is 7.64. The van der Waals surface area contributed by atoms with Crippen LogP contribution in [0.3, 0.4) is 0 Å². The number of rotatable bonds is 4. The third-order valence-corrected chi connectivity index (χ3v) is 4.02. The number of carbonyl (C=O) groups excluding carboxylic acids is 2. The van der Waals surface area contributed by atoms with E-state index >= 15 is 0 Å². The van der Waals surface area contributed by atoms with Gasteiger partial charge in [-0.25, -0.2) is 0 Å². The average Bonchev–Trinajstić information content (AvgIpc) is 2.46. The minimum atomic E-state index is -0.194. The molecule has 0 saturated carbocycles. The number of hydrogen-bond donors (Lipinski definition) is 1. The summed E-state index contributed by atoms with van der Waals surface area (Å²) in [5.74, 6) is 0.438. The molecule has 2 amide bonds. The molecule has 1 N–H and O–H groups in total. The molecule has 1 aromatic carbocycles. The van der Waals surface area contributed by atoms with Crippen LogP contribution in [-0.2, 0) is 16.1 Å². The van der Waals surface area contributed by atoms with Gasteiger partial charge >= 0.3 is 0 Å². The van der Waals surface area contributed by atoms with Crippen LogP contribution in [-0.4, -0.2) is 29.8 Å². The minimum absolute atomic E-state index is 0.0415. The van der Waals surface area contributed by atoms with E-state index in [1.807, 2.05) is 36.1 Å². The molecule has 4 nitrogen and oxygen atoms in total. The number of nitrogens with one attached hydrogen (secondary N) is 1. The zero-order chi connectivity index (χ0) is 15.2. The smallest absolute Gasteiger partial charge is 0.232 e. The fraction of sp³-hybridized carbons (Fsp3) is 0.529. The van der Waals surface area contributed by atoms with Gasteiger partial charge in [0.2, 0.25) is 11.8 Å². The summed E-state index contributed by atoms with van der Waals surface area (Å²) >= 11 is 0. The number of nitrogens with zero attached hydrogens (tertiary/aromatic N) is 1. The molecule has 4 heteroatoms. The van der Waals surface area contributed by atoms with Crippen LogP contribution in [0.4, 0.5) is 0 Å². The molecule has 1 aliphatic rings. The van der Waals surface area contributed by atoms with E-state index in [1.165, 1.54) is 5.56 Å². The third-order valence-electron chi connectivity index (χ3n) is 4.02. The van der Waals surface area contributed by atoms with E-state index in [0.717, 1.165) is 31.5 Å². The topological polar surface area (TPSA) is 49.4 Å². The second-order valence-corrected chi connectivity index (χ2v) is 6.01. The Balaban J connectivity index is 1.75. The van der Waals surface area contributed by atoms with Gasteiger partial charge in [0.05, 0.1) is 0 Å². The maximum Gasteiger partial charge on any atom is 0.232 e. The minimum Gasteiger partial charge on any atom is -0.352 e. The maximum absolute atomic E-state index is 12.0. The Labute approximate surface area is 126 Å². The molecule has 21 heavy (non-hydrogen) atoms. The lowest BCUT2D eigenvalue weighted by Gasteiger charge is -2.30. The molecule has 1 heterocycles. The number of likely N-dealkylation sites (tertiary alicyclic amines) is 1. The normalized spacial score (nSPS) is 15.8. The van der Waals surface area contributed by atoms with Crippen LogP contribution in [0.5, 0.6) is 0 Å². The summed E-state index contributed by atoms with van der Waals surface area (Å²) < 4.78 is 0. The van der Waals surface area contributed by atoms with E-state index in [0.29, 0.717) is 12.5 Å². The van der Waals surface area contributed by atoms with E-state index in [4.69, 9.17) is 0 Å². The number of carbonyl (C=O) groups is 2. The van der Waals surface area contributed by atoms with Crippen LogP contribution >= 0.6 is 0 Å². The van der Waals surface area contributed by atoms with Crippen molar-refractivity contribution in [3.63, 3.8) is 0 Å². The molecule has 0 unspecified atom stereocenters. The van der Waals surface area contributed by atoms with Gasteiger partial charge in [-0.2, -0.15) is 0 Å². The van der Waals surface area contributed by atoms with Gasteiger partial charge in [0.1, 0.15) is 6.42 Å². The zero-order valence-electron chi connectivity index (χ0n) is 12.9. The van der Waals surface area contributed by atoms with E-state index in [9.17, 15) is 9.59 Å². The fourth-order valence-electron chi connectivity index (χ4n) is 2.59. The summed E-state index contributed by atoms with van der Waals surface area (Å²) in [5.41, 5.74) is 2.22. The first-order chi connectivity index (χ1) is 10.0. The molecule has 2 rings (SSSR count). The highest BCUT2D eigenvalue weighted by molar-refractivity contribution is 5.96. The van der Waals surface area contributed by atoms with Crippen LogP contribution in [0.2, 0.25) is 0 Å². The van der Waals surface area contributed by atoms with E-state index < -0.39 is 0 Å². The lowest BCUT2D eigenvalue weighted by Crippen LogP contribution is -2.40. The number of benzene rings is 1. The Morgan fingerprint density at radius 1 is 1.29 bits per heavy atom. The second kappa shape index (κ2) is 7.25. The largest absolute Gasteiger partial charge is 0.352 e. The highest BCUT2D eigenvalue weighted by Gasteiger charge is 2.21. The van der Waals surface area contributed by atoms with Crippen molar-refractivity contribution in [1.82, 2.24) is 10.2 Å². The quantitative estimate of drug-likeness (QED) is 0.864. The van der Waals surface area contributed by atoms with Crippen molar-refractivity contribution in [2.75, 3.05) is 13.1 Å². The lowest BCUT2D eigenvalue weighted by atomic mass is 9.99. The first kappa shape index (κ1) is 15.5. The summed E-state index contributed by atoms with van der Waals surface area (Å²) in [4.78, 5) is 25.7. The molecule has 0 aliphatic carbocycles. The number of aryl methyl sites for hydroxylation is 1. The van der Waals surface area contributed by atoms with Gasteiger partial charge < -0.3 is 10.2 Å². The van der Waals surface area contributed by atoms with Gasteiger partial charge in [-0.1, -0.05) is 36.8 Å². The van der Waals surface area contributed by atoms with Crippen molar-refractivity contribution >= 4 is 11.8 Å². The summed E-state index contributed by atoms with van der Waals surface area (Å²) in [6.45, 7) is 6.27. The van der Waals surface area contributed by atoms with Crippen molar-refractivity contribution in [3.05, 3.63) is 35.4 Å². The molecule has 0 atom stereocenters. The number of piperidine rings is 1. The van der Waals surface area contributed by atoms with Crippen LogP contribution < -0.4 is 5.32 Å². The monoisotopic (exact) mass is 288 g/mol. The molecule has 0 aromatic heterocycles. The van der Waals surface area contributed by atoms with Crippen molar-refractivity contribution < 1.29 is 9.59 Å². The van der Waals surface area contributed by atoms with Crippen molar-refractivity contribution in [2.24, 2.45) is 5.92 Å². The maximum atomic E-state index is 12.0. The third kappa shape index (κ3) is 4.88. The average molecular weight is 288 g/mol. The molecule has 1 fully saturated rings. The zero-order valence-corrected chi connectivity index (χ0v) is 12.9. The number of hydrogen-bond acceptors (Lipinski definition) is 2. The van der Waals surface area contributed by atoms with Crippen molar-refractivity contribution in [3.8, 4) is 0 Å². The molecule has 0 bridgehead atoms. The van der Waals surface area contributed by atoms with E-state index in [2.05, 4.69) is 12.2 Å². The second-order valence-electron chi connectivity index (χ2n) is 6.01. The molecular weight excluding hydrogens is 264 g/mol. The van der Waals surface area contributed by atoms with Crippen LogP contribution in [0.1, 0.15) is 37.3 Å². The Kier molecular flexibility index (Phi) is 5.37. The Bertz CT molecular complexity index is 505. The lowest BCUT2D eigenvalue weighted by molar-refractivity contribution is -0.137. The summed E-state index contributed by atoms with van der Waals surface area (Å²) in [5, 5.41) is 2.82. The SMILES string of the molecule is Cc1cccc(CNC(=O)CC(=O)N2CCC(C)CC2)c1. The predicted molar refractivity (Wildman–Crippen MR) is 82.6 cm³/mol. The summed E-state index contributed by atoms with van der Waals surface area (Å²) in [7, 11) is 0. The highest BCUT2D eigenvalue weighted by atomic mass is 16.2. The molecule has 1 aliphatic heterocycles. The van der Waals surface area contributed by atoms with Crippen molar-refractivity contribution in [2.45, 2.75) is 39.7 Å². The van der Waals surface area contributed by atoms with Crippen LogP contribution in [0.15, 0.2) is 24.3 Å². The Morgan fingerprint density at radius 2 is 2.00 bits per heavy atom. The number of amides is 2. The van der Waals surface area contributed by atoms with E-state index in [-0.39, 0.29) is 18.2 Å². The van der Waals surface area contributed by atoms with Crippen LogP contribution in [0, 0.1) is 12.8 Å². The molecule has 114 valence electrons. The molecule has 1 aromatic rings. The van der Waals surface area contributed by atoms with Gasteiger partial charge in [-0.3, -0.25) is 9.59 Å². The Morgan fingerprint density at radius 3 is 2.67 bits per heavy atom. The molecule has 0 spiro atoms. The summed E-state index contributed by atoms with van der Waals surface area (Å²) in [6, 6.07) is 8.00. The van der Waals surface area contributed by atoms with E-state index in [1.54, 1.807) is 0 Å². The van der Waals surface area contributed by atoms with Crippen LogP contribution in [0.25, 0.3) is 0 Å². The molecule has 0 radical (unpaired) electrons. The predicted octanol–water partition coefficient (Wildman–Crippen LogP) is 2.26. The van der Waals surface area contributed by atoms with Gasteiger partial charge in [0.15, 0.2) is 0 Å². The first-order valence-electron chi connectivity index (χ1n) is 7.64. The van der Waals surface area contributed by atoms with Crippen molar-refractivity contribution in [1.29, 1.82) is 0 Å². The summed E-state index contributed by atoms with van der Waals surface area (Å²) in [6.07, 6.45) is 2.04. The molecule has 1 saturated heterocycles. The Hall–Kier alpha value is -1.84. The fourth-order valence-corrected chi connectivity index (χ4v) is 2.59. The van der Waals surface area contributed by atoms with Gasteiger partial charge in [0, 0.05) is 19.6 Å². The van der Waals surface area contributed by atoms with Gasteiger partial charge in [-0.05, 0) is 31.2 Å². The van der Waals surface area contributed by atoms with Gasteiger partial charge in [-0.15, -0.1) is 0 Å². The standard InChI is InChI=1S/C17H24N2O2/c1-13-6-8-19(9-7-13)17(21)11-16(20)18-12-15-5-3-4-14(2)10-15/h3-5,10,13H,6-9,11-12H2,1-2H3,(H,18,20). The van der Waals surface area contributed by atoms with Gasteiger partial charge in [0.25, 0.3) is 0 Å². The molecular formula is C17H24N2O2. The highest BCUT2D eigenvalue weighted by Crippen LogP contribution is 2.16.